The molecule has 100 valence electrons. The van der Waals surface area contributed by atoms with E-state index in [0.29, 0.717) is 12.1 Å². The molecule has 0 spiro atoms. The monoisotopic (exact) mass is 270 g/mol. The summed E-state index contributed by atoms with van der Waals surface area (Å²) in [5.74, 6) is 0.788. The quantitative estimate of drug-likeness (QED) is 0.888. The zero-order valence-corrected chi connectivity index (χ0v) is 11.5. The first-order valence-corrected chi connectivity index (χ1v) is 5.81. The summed E-state index contributed by atoms with van der Waals surface area (Å²) in [6.45, 7) is 3.35. The molecule has 1 aliphatic rings. The SMILES string of the molecule is COc1cc(C(=O)N2CC[C@H](N)C2)ccc1C.Cl. The lowest BCUT2D eigenvalue weighted by atomic mass is 10.1. The molecule has 5 heteroatoms. The molecule has 1 aromatic carbocycles. The maximum absolute atomic E-state index is 12.2. The van der Waals surface area contributed by atoms with Crippen LogP contribution in [0.1, 0.15) is 22.3 Å². The summed E-state index contributed by atoms with van der Waals surface area (Å²) in [7, 11) is 1.61. The van der Waals surface area contributed by atoms with Crippen LogP contribution in [0.15, 0.2) is 18.2 Å². The predicted octanol–water partition coefficient (Wildman–Crippen LogP) is 1.60. The van der Waals surface area contributed by atoms with E-state index < -0.39 is 0 Å². The van der Waals surface area contributed by atoms with Crippen LogP contribution in [0, 0.1) is 6.92 Å². The fourth-order valence-corrected chi connectivity index (χ4v) is 2.11. The molecule has 1 amide bonds. The molecular formula is C13H19ClN2O2. The number of amides is 1. The Morgan fingerprint density at radius 1 is 1.50 bits per heavy atom. The third kappa shape index (κ3) is 2.94. The number of carbonyl (C=O) groups is 1. The number of ether oxygens (including phenoxy) is 1. The molecular weight excluding hydrogens is 252 g/mol. The van der Waals surface area contributed by atoms with E-state index in [0.717, 1.165) is 24.3 Å². The summed E-state index contributed by atoms with van der Waals surface area (Å²) in [5.41, 5.74) is 7.50. The minimum absolute atomic E-state index is 0. The Morgan fingerprint density at radius 2 is 2.22 bits per heavy atom. The van der Waals surface area contributed by atoms with E-state index in [-0.39, 0.29) is 24.4 Å². The molecule has 0 saturated carbocycles. The van der Waals surface area contributed by atoms with Gasteiger partial charge in [0.15, 0.2) is 0 Å². The molecule has 0 aliphatic carbocycles. The number of carbonyl (C=O) groups excluding carboxylic acids is 1. The van der Waals surface area contributed by atoms with E-state index in [9.17, 15) is 4.79 Å². The number of nitrogens with two attached hydrogens (primary N) is 1. The van der Waals surface area contributed by atoms with Gasteiger partial charge in [0.25, 0.3) is 5.91 Å². The predicted molar refractivity (Wildman–Crippen MR) is 73.5 cm³/mol. The summed E-state index contributed by atoms with van der Waals surface area (Å²) in [6.07, 6.45) is 0.884. The number of methoxy groups -OCH3 is 1. The van der Waals surface area contributed by atoms with Gasteiger partial charge >= 0.3 is 0 Å². The summed E-state index contributed by atoms with van der Waals surface area (Å²) in [6, 6.07) is 5.65. The molecule has 0 radical (unpaired) electrons. The third-order valence-electron chi connectivity index (χ3n) is 3.17. The molecule has 1 saturated heterocycles. The largest absolute Gasteiger partial charge is 0.496 e. The Kier molecular flexibility index (Phi) is 4.99. The molecule has 0 bridgehead atoms. The fraction of sp³-hybridized carbons (Fsp3) is 0.462. The number of halogens is 1. The Balaban J connectivity index is 0.00000162. The number of nitrogens with zero attached hydrogens (tertiary/aromatic N) is 1. The molecule has 0 aromatic heterocycles. The van der Waals surface area contributed by atoms with Gasteiger partial charge in [-0.25, -0.2) is 0 Å². The lowest BCUT2D eigenvalue weighted by Gasteiger charge is -2.16. The topological polar surface area (TPSA) is 55.6 Å². The highest BCUT2D eigenvalue weighted by molar-refractivity contribution is 5.95. The first kappa shape index (κ1) is 14.8. The van der Waals surface area contributed by atoms with Gasteiger partial charge in [0, 0.05) is 24.7 Å². The van der Waals surface area contributed by atoms with Crippen molar-refractivity contribution >= 4 is 18.3 Å². The summed E-state index contributed by atoms with van der Waals surface area (Å²) < 4.78 is 5.22. The van der Waals surface area contributed by atoms with Crippen molar-refractivity contribution < 1.29 is 9.53 Å². The number of hydrogen-bond acceptors (Lipinski definition) is 3. The molecule has 4 nitrogen and oxygen atoms in total. The van der Waals surface area contributed by atoms with Crippen molar-refractivity contribution in [2.75, 3.05) is 20.2 Å². The van der Waals surface area contributed by atoms with Crippen LogP contribution >= 0.6 is 12.4 Å². The third-order valence-corrected chi connectivity index (χ3v) is 3.17. The zero-order valence-electron chi connectivity index (χ0n) is 10.7. The van der Waals surface area contributed by atoms with Crippen molar-refractivity contribution in [2.45, 2.75) is 19.4 Å². The average Bonchev–Trinajstić information content (AvgIpc) is 2.75. The van der Waals surface area contributed by atoms with Gasteiger partial charge < -0.3 is 15.4 Å². The van der Waals surface area contributed by atoms with E-state index in [4.69, 9.17) is 10.5 Å². The zero-order chi connectivity index (χ0) is 12.4. The van der Waals surface area contributed by atoms with E-state index in [1.807, 2.05) is 19.1 Å². The second-order valence-electron chi connectivity index (χ2n) is 4.48. The highest BCUT2D eigenvalue weighted by Crippen LogP contribution is 2.21. The van der Waals surface area contributed by atoms with Crippen molar-refractivity contribution in [3.63, 3.8) is 0 Å². The van der Waals surface area contributed by atoms with Gasteiger partial charge in [-0.05, 0) is 31.0 Å². The van der Waals surface area contributed by atoms with Crippen molar-refractivity contribution in [3.05, 3.63) is 29.3 Å². The number of benzene rings is 1. The van der Waals surface area contributed by atoms with Crippen LogP contribution in [-0.2, 0) is 0 Å². The summed E-state index contributed by atoms with van der Waals surface area (Å²) in [5, 5.41) is 0. The maximum Gasteiger partial charge on any atom is 0.254 e. The Morgan fingerprint density at radius 3 is 2.78 bits per heavy atom. The van der Waals surface area contributed by atoms with Crippen LogP contribution in [0.2, 0.25) is 0 Å². The van der Waals surface area contributed by atoms with E-state index in [1.165, 1.54) is 0 Å². The minimum Gasteiger partial charge on any atom is -0.496 e. The normalized spacial score (nSPS) is 18.4. The minimum atomic E-state index is 0. The standard InChI is InChI=1S/C13H18N2O2.ClH/c1-9-3-4-10(7-12(9)17-2)13(16)15-6-5-11(14)8-15;/h3-4,7,11H,5-6,8,14H2,1-2H3;1H/t11-;/m0./s1. The van der Waals surface area contributed by atoms with Crippen LogP contribution in [0.25, 0.3) is 0 Å². The van der Waals surface area contributed by atoms with Gasteiger partial charge in [-0.1, -0.05) is 6.07 Å². The highest BCUT2D eigenvalue weighted by atomic mass is 35.5. The summed E-state index contributed by atoms with van der Waals surface area (Å²) >= 11 is 0. The van der Waals surface area contributed by atoms with E-state index in [1.54, 1.807) is 18.1 Å². The fourth-order valence-electron chi connectivity index (χ4n) is 2.11. The van der Waals surface area contributed by atoms with Crippen LogP contribution in [0.5, 0.6) is 5.75 Å². The van der Waals surface area contributed by atoms with Crippen molar-refractivity contribution in [1.82, 2.24) is 4.90 Å². The van der Waals surface area contributed by atoms with Crippen LogP contribution in [0.4, 0.5) is 0 Å². The number of aryl methyl sites for hydroxylation is 1. The Labute approximate surface area is 114 Å². The number of rotatable bonds is 2. The average molecular weight is 271 g/mol. The van der Waals surface area contributed by atoms with Gasteiger partial charge in [-0.15, -0.1) is 12.4 Å². The lowest BCUT2D eigenvalue weighted by molar-refractivity contribution is 0.0790. The molecule has 2 rings (SSSR count). The van der Waals surface area contributed by atoms with Gasteiger partial charge in [0.1, 0.15) is 5.75 Å². The molecule has 18 heavy (non-hydrogen) atoms. The molecule has 1 aliphatic heterocycles. The van der Waals surface area contributed by atoms with Gasteiger partial charge in [-0.3, -0.25) is 4.79 Å². The second kappa shape index (κ2) is 6.07. The van der Waals surface area contributed by atoms with Crippen molar-refractivity contribution in [2.24, 2.45) is 5.73 Å². The molecule has 2 N–H and O–H groups in total. The van der Waals surface area contributed by atoms with E-state index in [2.05, 4.69) is 0 Å². The Hall–Kier alpha value is -1.26. The first-order valence-electron chi connectivity index (χ1n) is 5.81. The maximum atomic E-state index is 12.2. The van der Waals surface area contributed by atoms with Crippen LogP contribution < -0.4 is 10.5 Å². The lowest BCUT2D eigenvalue weighted by Crippen LogP contribution is -2.31. The van der Waals surface area contributed by atoms with Gasteiger partial charge in [0.2, 0.25) is 0 Å². The van der Waals surface area contributed by atoms with Crippen molar-refractivity contribution in [3.8, 4) is 5.75 Å². The number of hydrogen-bond donors (Lipinski definition) is 1. The van der Waals surface area contributed by atoms with E-state index >= 15 is 0 Å². The molecule has 1 heterocycles. The van der Waals surface area contributed by atoms with Crippen LogP contribution in [-0.4, -0.2) is 37.0 Å². The molecule has 1 aromatic rings. The Bertz CT molecular complexity index is 437. The highest BCUT2D eigenvalue weighted by Gasteiger charge is 2.24. The van der Waals surface area contributed by atoms with Crippen molar-refractivity contribution in [1.29, 1.82) is 0 Å². The second-order valence-corrected chi connectivity index (χ2v) is 4.48. The van der Waals surface area contributed by atoms with Gasteiger partial charge in [0.05, 0.1) is 7.11 Å². The smallest absolute Gasteiger partial charge is 0.254 e. The molecule has 0 unspecified atom stereocenters. The molecule has 1 fully saturated rings. The summed E-state index contributed by atoms with van der Waals surface area (Å²) in [4.78, 5) is 14.0. The first-order chi connectivity index (χ1) is 8.11. The van der Waals surface area contributed by atoms with Crippen LogP contribution in [0.3, 0.4) is 0 Å². The number of likely N-dealkylation sites (tertiary alicyclic amines) is 1. The molecule has 1 atom stereocenters. The van der Waals surface area contributed by atoms with Gasteiger partial charge in [-0.2, -0.15) is 0 Å².